The third-order valence-electron chi connectivity index (χ3n) is 4.28. The topological polar surface area (TPSA) is 128 Å². The molecule has 1 aliphatic rings. The largest absolute Gasteiger partial charge is 0.486 e. The number of nitrogens with one attached hydrogen (secondary N) is 1. The molecule has 1 fully saturated rings. The van der Waals surface area contributed by atoms with Crippen LogP contribution in [-0.4, -0.2) is 54.4 Å². The third-order valence-corrected chi connectivity index (χ3v) is 4.51. The zero-order valence-corrected chi connectivity index (χ0v) is 16.8. The molecule has 11 heteroatoms. The van der Waals surface area contributed by atoms with Crippen LogP contribution in [-0.2, 0) is 9.59 Å². The number of benzene rings is 1. The molecule has 28 heavy (non-hydrogen) atoms. The van der Waals surface area contributed by atoms with E-state index in [-0.39, 0.29) is 59.6 Å². The summed E-state index contributed by atoms with van der Waals surface area (Å²) in [6.07, 6.45) is 1.54. The molecule has 1 heterocycles. The van der Waals surface area contributed by atoms with E-state index in [9.17, 15) is 19.7 Å². The summed E-state index contributed by atoms with van der Waals surface area (Å²) in [5.74, 6) is -0.420. The maximum Gasteiger partial charge on any atom is 0.312 e. The Kier molecular flexibility index (Phi) is 9.98. The van der Waals surface area contributed by atoms with E-state index in [4.69, 9.17) is 22.1 Å². The van der Waals surface area contributed by atoms with Gasteiger partial charge in [0.05, 0.1) is 23.9 Å². The van der Waals surface area contributed by atoms with Crippen LogP contribution in [0.3, 0.4) is 0 Å². The highest BCUT2D eigenvalue weighted by molar-refractivity contribution is 6.30. The Morgan fingerprint density at radius 1 is 1.43 bits per heavy atom. The van der Waals surface area contributed by atoms with Crippen LogP contribution in [0, 0.1) is 16.0 Å². The number of rotatable bonds is 8. The molecule has 1 atom stereocenters. The zero-order chi connectivity index (χ0) is 19.8. The molecule has 0 spiro atoms. The smallest absolute Gasteiger partial charge is 0.312 e. The molecule has 0 radical (unpaired) electrons. The van der Waals surface area contributed by atoms with Gasteiger partial charge in [-0.25, -0.2) is 0 Å². The second-order valence-corrected chi connectivity index (χ2v) is 6.66. The van der Waals surface area contributed by atoms with Gasteiger partial charge in [0, 0.05) is 37.3 Å². The lowest BCUT2D eigenvalue weighted by Crippen LogP contribution is -2.46. The van der Waals surface area contributed by atoms with Gasteiger partial charge in [-0.15, -0.1) is 12.4 Å². The van der Waals surface area contributed by atoms with E-state index in [1.54, 1.807) is 4.90 Å². The molecular weight excluding hydrogens is 411 g/mol. The summed E-state index contributed by atoms with van der Waals surface area (Å²) in [5.41, 5.74) is 5.13. The van der Waals surface area contributed by atoms with Crippen LogP contribution in [0.4, 0.5) is 5.69 Å². The first-order chi connectivity index (χ1) is 12.9. The molecule has 9 nitrogen and oxygen atoms in total. The van der Waals surface area contributed by atoms with Gasteiger partial charge in [0.1, 0.15) is 0 Å². The number of nitrogens with two attached hydrogens (primary N) is 1. The molecule has 0 aliphatic carbocycles. The van der Waals surface area contributed by atoms with Gasteiger partial charge >= 0.3 is 5.69 Å². The highest BCUT2D eigenvalue weighted by Gasteiger charge is 2.28. The van der Waals surface area contributed by atoms with Gasteiger partial charge in [0.2, 0.25) is 11.8 Å². The fraction of sp³-hybridized carbons (Fsp3) is 0.529. The Morgan fingerprint density at radius 2 is 2.18 bits per heavy atom. The molecule has 156 valence electrons. The lowest BCUT2D eigenvalue weighted by molar-refractivity contribution is -0.385. The van der Waals surface area contributed by atoms with Crippen molar-refractivity contribution in [1.82, 2.24) is 10.2 Å². The van der Waals surface area contributed by atoms with Crippen molar-refractivity contribution in [2.75, 3.05) is 32.8 Å². The van der Waals surface area contributed by atoms with E-state index in [0.29, 0.717) is 26.2 Å². The number of carbonyl (C=O) groups excluding carboxylic acids is 2. The van der Waals surface area contributed by atoms with Crippen LogP contribution < -0.4 is 15.8 Å². The molecule has 1 aromatic rings. The SMILES string of the molecule is Cl.NCCNC(=O)C1CCCN(C(=O)CCOc2ccc(Cl)cc2[N+](=O)[O-])C1. The van der Waals surface area contributed by atoms with Crippen LogP contribution in [0.2, 0.25) is 5.02 Å². The van der Waals surface area contributed by atoms with E-state index in [2.05, 4.69) is 5.32 Å². The summed E-state index contributed by atoms with van der Waals surface area (Å²) in [5, 5.41) is 14.0. The molecule has 1 unspecified atom stereocenters. The first-order valence-electron chi connectivity index (χ1n) is 8.74. The quantitative estimate of drug-likeness (QED) is 0.473. The second-order valence-electron chi connectivity index (χ2n) is 6.23. The Labute approximate surface area is 174 Å². The molecule has 2 amide bonds. The highest BCUT2D eigenvalue weighted by Crippen LogP contribution is 2.30. The number of hydrogen-bond acceptors (Lipinski definition) is 6. The molecular formula is C17H24Cl2N4O5. The summed E-state index contributed by atoms with van der Waals surface area (Å²) in [6, 6.07) is 4.10. The minimum atomic E-state index is -0.585. The second kappa shape index (κ2) is 11.7. The number of carbonyl (C=O) groups is 2. The summed E-state index contributed by atoms with van der Waals surface area (Å²) >= 11 is 5.76. The number of halogens is 2. The van der Waals surface area contributed by atoms with Gasteiger partial charge in [-0.05, 0) is 25.0 Å². The minimum Gasteiger partial charge on any atom is -0.486 e. The van der Waals surface area contributed by atoms with Crippen molar-refractivity contribution in [3.8, 4) is 5.75 Å². The Morgan fingerprint density at radius 3 is 2.86 bits per heavy atom. The monoisotopic (exact) mass is 434 g/mol. The van der Waals surface area contributed by atoms with E-state index >= 15 is 0 Å². The molecule has 1 aliphatic heterocycles. The van der Waals surface area contributed by atoms with E-state index in [1.165, 1.54) is 18.2 Å². The summed E-state index contributed by atoms with van der Waals surface area (Å²) < 4.78 is 5.40. The minimum absolute atomic E-state index is 0. The molecule has 1 saturated heterocycles. The Balaban J connectivity index is 0.00000392. The first-order valence-corrected chi connectivity index (χ1v) is 9.12. The summed E-state index contributed by atoms with van der Waals surface area (Å²) in [6.45, 7) is 1.73. The first kappa shape index (κ1) is 23.9. The molecule has 0 aromatic heterocycles. The molecule has 1 aromatic carbocycles. The summed E-state index contributed by atoms with van der Waals surface area (Å²) in [7, 11) is 0. The van der Waals surface area contributed by atoms with Gasteiger partial charge in [0.25, 0.3) is 0 Å². The average Bonchev–Trinajstić information content (AvgIpc) is 2.67. The van der Waals surface area contributed by atoms with Crippen LogP contribution in [0.1, 0.15) is 19.3 Å². The van der Waals surface area contributed by atoms with Crippen molar-refractivity contribution in [3.05, 3.63) is 33.3 Å². The lowest BCUT2D eigenvalue weighted by Gasteiger charge is -2.32. The predicted molar refractivity (Wildman–Crippen MR) is 107 cm³/mol. The Hall–Kier alpha value is -2.10. The normalized spacial score (nSPS) is 16.1. The van der Waals surface area contributed by atoms with E-state index in [1.807, 2.05) is 0 Å². The maximum absolute atomic E-state index is 12.4. The fourth-order valence-corrected chi connectivity index (χ4v) is 3.09. The van der Waals surface area contributed by atoms with Crippen molar-refractivity contribution < 1.29 is 19.2 Å². The number of amides is 2. The van der Waals surface area contributed by atoms with Crippen molar-refractivity contribution in [3.63, 3.8) is 0 Å². The highest BCUT2D eigenvalue weighted by atomic mass is 35.5. The Bertz CT molecular complexity index is 704. The van der Waals surface area contributed by atoms with Gasteiger partial charge < -0.3 is 20.7 Å². The standard InChI is InChI=1S/C17H23ClN4O5.ClH/c18-13-3-4-15(14(10-13)22(25)26)27-9-5-16(23)21-8-1-2-12(11-21)17(24)20-7-6-19;/h3-4,10,12H,1-2,5-9,11,19H2,(H,20,24);1H. The maximum atomic E-state index is 12.4. The molecule has 3 N–H and O–H groups in total. The van der Waals surface area contributed by atoms with Crippen molar-refractivity contribution in [1.29, 1.82) is 0 Å². The predicted octanol–water partition coefficient (Wildman–Crippen LogP) is 1.75. The van der Waals surface area contributed by atoms with Gasteiger partial charge in [-0.2, -0.15) is 0 Å². The fourth-order valence-electron chi connectivity index (χ4n) is 2.92. The number of nitro benzene ring substituents is 1. The van der Waals surface area contributed by atoms with Gasteiger partial charge in [0.15, 0.2) is 5.75 Å². The van der Waals surface area contributed by atoms with Crippen molar-refractivity contribution in [2.24, 2.45) is 11.7 Å². The number of nitro groups is 1. The van der Waals surface area contributed by atoms with Gasteiger partial charge in [-0.1, -0.05) is 11.6 Å². The van der Waals surface area contributed by atoms with E-state index < -0.39 is 4.92 Å². The van der Waals surface area contributed by atoms with Crippen LogP contribution in [0.5, 0.6) is 5.75 Å². The van der Waals surface area contributed by atoms with Crippen LogP contribution in [0.15, 0.2) is 18.2 Å². The lowest BCUT2D eigenvalue weighted by atomic mass is 9.97. The number of nitrogens with zero attached hydrogens (tertiary/aromatic N) is 2. The van der Waals surface area contributed by atoms with Crippen molar-refractivity contribution in [2.45, 2.75) is 19.3 Å². The number of piperidine rings is 1. The van der Waals surface area contributed by atoms with E-state index in [0.717, 1.165) is 12.8 Å². The average molecular weight is 435 g/mol. The molecule has 0 saturated carbocycles. The molecule has 0 bridgehead atoms. The summed E-state index contributed by atoms with van der Waals surface area (Å²) in [4.78, 5) is 36.5. The number of hydrogen-bond donors (Lipinski definition) is 2. The number of ether oxygens (including phenoxy) is 1. The van der Waals surface area contributed by atoms with Crippen LogP contribution in [0.25, 0.3) is 0 Å². The third kappa shape index (κ3) is 6.81. The van der Waals surface area contributed by atoms with Crippen molar-refractivity contribution >= 4 is 41.5 Å². The number of likely N-dealkylation sites (tertiary alicyclic amines) is 1. The van der Waals surface area contributed by atoms with Gasteiger partial charge in [-0.3, -0.25) is 19.7 Å². The van der Waals surface area contributed by atoms with Crippen LogP contribution >= 0.6 is 24.0 Å². The molecule has 2 rings (SSSR count). The zero-order valence-electron chi connectivity index (χ0n) is 15.3.